The fourth-order valence-electron chi connectivity index (χ4n) is 2.60. The smallest absolute Gasteiger partial charge is 0.315 e. The first kappa shape index (κ1) is 8.97. The zero-order valence-electron chi connectivity index (χ0n) is 8.26. The number of esters is 1. The van der Waals surface area contributed by atoms with E-state index in [0.29, 0.717) is 13.0 Å². The molecule has 1 saturated carbocycles. The van der Waals surface area contributed by atoms with Crippen molar-refractivity contribution in [2.24, 2.45) is 16.7 Å². The highest BCUT2D eigenvalue weighted by Crippen LogP contribution is 2.60. The van der Waals surface area contributed by atoms with E-state index in [0.717, 1.165) is 0 Å². The number of ether oxygens (including phenoxy) is 1. The Morgan fingerprint density at radius 2 is 2.08 bits per heavy atom. The largest absolute Gasteiger partial charge is 0.465 e. The lowest BCUT2D eigenvalue weighted by molar-refractivity contribution is -0.177. The summed E-state index contributed by atoms with van der Waals surface area (Å²) in [7, 11) is 0. The fourth-order valence-corrected chi connectivity index (χ4v) is 2.60. The van der Waals surface area contributed by atoms with E-state index in [1.807, 2.05) is 13.8 Å². The van der Waals surface area contributed by atoms with E-state index in [9.17, 15) is 9.18 Å². The Balaban J connectivity index is 2.49. The minimum absolute atomic E-state index is 0.185. The summed E-state index contributed by atoms with van der Waals surface area (Å²) in [6.45, 7) is 6.02. The summed E-state index contributed by atoms with van der Waals surface area (Å²) in [6.07, 6.45) is -0.572. The highest BCUT2D eigenvalue weighted by molar-refractivity contribution is 5.80. The van der Waals surface area contributed by atoms with Gasteiger partial charge in [0.15, 0.2) is 0 Å². The van der Waals surface area contributed by atoms with Crippen molar-refractivity contribution in [1.82, 2.24) is 0 Å². The summed E-state index contributed by atoms with van der Waals surface area (Å²) in [4.78, 5) is 11.5. The van der Waals surface area contributed by atoms with Crippen molar-refractivity contribution in [1.29, 1.82) is 0 Å². The van der Waals surface area contributed by atoms with Gasteiger partial charge in [0.2, 0.25) is 0 Å². The van der Waals surface area contributed by atoms with E-state index >= 15 is 0 Å². The highest BCUT2D eigenvalue weighted by Gasteiger charge is 2.65. The Morgan fingerprint density at radius 3 is 2.62 bits per heavy atom. The molecule has 3 heteroatoms. The van der Waals surface area contributed by atoms with Gasteiger partial charge in [-0.25, -0.2) is 4.39 Å². The minimum Gasteiger partial charge on any atom is -0.465 e. The molecule has 0 spiro atoms. The van der Waals surface area contributed by atoms with E-state index in [1.54, 1.807) is 6.92 Å². The normalized spacial score (nSPS) is 47.5. The number of carbonyl (C=O) groups excluding carboxylic acids is 1. The number of fused-ring (bicyclic) bond motifs is 2. The first-order valence-electron chi connectivity index (χ1n) is 4.72. The number of carbonyl (C=O) groups is 1. The first-order chi connectivity index (χ1) is 5.90. The van der Waals surface area contributed by atoms with Gasteiger partial charge in [-0.15, -0.1) is 0 Å². The number of halogens is 1. The van der Waals surface area contributed by atoms with E-state index in [4.69, 9.17) is 4.74 Å². The molecule has 2 bridgehead atoms. The Bertz CT molecular complexity index is 262. The molecule has 2 rings (SSSR count). The van der Waals surface area contributed by atoms with Crippen molar-refractivity contribution >= 4 is 5.97 Å². The highest BCUT2D eigenvalue weighted by atomic mass is 19.1. The molecular weight excluding hydrogens is 171 g/mol. The predicted molar refractivity (Wildman–Crippen MR) is 45.9 cm³/mol. The van der Waals surface area contributed by atoms with Crippen LogP contribution in [0.5, 0.6) is 0 Å². The van der Waals surface area contributed by atoms with Gasteiger partial charge >= 0.3 is 5.97 Å². The second-order valence-corrected chi connectivity index (χ2v) is 4.92. The van der Waals surface area contributed by atoms with E-state index in [-0.39, 0.29) is 17.3 Å². The van der Waals surface area contributed by atoms with Gasteiger partial charge < -0.3 is 4.74 Å². The molecule has 1 saturated heterocycles. The van der Waals surface area contributed by atoms with Gasteiger partial charge in [-0.2, -0.15) is 0 Å². The summed E-state index contributed by atoms with van der Waals surface area (Å²) < 4.78 is 18.7. The lowest BCUT2D eigenvalue weighted by Gasteiger charge is -2.43. The van der Waals surface area contributed by atoms with E-state index in [2.05, 4.69) is 0 Å². The first-order valence-corrected chi connectivity index (χ1v) is 4.72. The number of hydrogen-bond donors (Lipinski definition) is 0. The zero-order chi connectivity index (χ0) is 9.85. The summed E-state index contributed by atoms with van der Waals surface area (Å²) in [5, 5.41) is 0. The molecule has 2 fully saturated rings. The van der Waals surface area contributed by atoms with Crippen molar-refractivity contribution in [3.8, 4) is 0 Å². The van der Waals surface area contributed by atoms with Crippen molar-refractivity contribution in [2.45, 2.75) is 33.4 Å². The molecule has 0 radical (unpaired) electrons. The Labute approximate surface area is 77.5 Å². The van der Waals surface area contributed by atoms with Gasteiger partial charge in [0.1, 0.15) is 11.6 Å². The van der Waals surface area contributed by atoms with Crippen LogP contribution in [0.4, 0.5) is 4.39 Å². The van der Waals surface area contributed by atoms with Crippen LogP contribution in [0.25, 0.3) is 0 Å². The van der Waals surface area contributed by atoms with Crippen molar-refractivity contribution in [3.63, 3.8) is 0 Å². The third kappa shape index (κ3) is 0.804. The molecule has 1 heterocycles. The fraction of sp³-hybridized carbons (Fsp3) is 0.900. The molecule has 2 aliphatic rings. The zero-order valence-corrected chi connectivity index (χ0v) is 8.26. The molecule has 0 aromatic carbocycles. The predicted octanol–water partition coefficient (Wildman–Crippen LogP) is 1.93. The van der Waals surface area contributed by atoms with Crippen LogP contribution in [0.3, 0.4) is 0 Å². The van der Waals surface area contributed by atoms with Crippen LogP contribution in [0.15, 0.2) is 0 Å². The molecule has 74 valence electrons. The molecule has 3 unspecified atom stereocenters. The molecule has 0 N–H and O–H groups in total. The van der Waals surface area contributed by atoms with Gasteiger partial charge in [0.05, 0.1) is 6.61 Å². The average molecular weight is 186 g/mol. The van der Waals surface area contributed by atoms with Crippen LogP contribution in [-0.4, -0.2) is 18.7 Å². The number of cyclic esters (lactones) is 1. The van der Waals surface area contributed by atoms with Crippen LogP contribution in [0.2, 0.25) is 0 Å². The van der Waals surface area contributed by atoms with Crippen molar-refractivity contribution in [2.75, 3.05) is 6.61 Å². The van der Waals surface area contributed by atoms with Gasteiger partial charge in [-0.05, 0) is 18.8 Å². The maximum Gasteiger partial charge on any atom is 0.315 e. The number of hydrogen-bond acceptors (Lipinski definition) is 2. The Hall–Kier alpha value is -0.600. The lowest BCUT2D eigenvalue weighted by atomic mass is 9.64. The van der Waals surface area contributed by atoms with Crippen LogP contribution in [-0.2, 0) is 9.53 Å². The summed E-state index contributed by atoms with van der Waals surface area (Å²) >= 11 is 0. The second kappa shape index (κ2) is 2.25. The molecule has 13 heavy (non-hydrogen) atoms. The standard InChI is InChI=1S/C10H15FO2/c1-9(2)6-4-7(11)10(9,3)8(12)13-5-6/h6-7H,4-5H2,1-3H3. The summed E-state index contributed by atoms with van der Waals surface area (Å²) in [5.74, 6) is -0.177. The lowest BCUT2D eigenvalue weighted by Crippen LogP contribution is -2.50. The monoisotopic (exact) mass is 186 g/mol. The number of rotatable bonds is 0. The van der Waals surface area contributed by atoms with Crippen molar-refractivity contribution in [3.05, 3.63) is 0 Å². The van der Waals surface area contributed by atoms with Crippen LogP contribution in [0.1, 0.15) is 27.2 Å². The topological polar surface area (TPSA) is 26.3 Å². The number of alkyl halides is 1. The molecular formula is C10H15FO2. The summed E-state index contributed by atoms with van der Waals surface area (Å²) in [5.41, 5.74) is -1.18. The SMILES string of the molecule is CC1(C)C2COC(=O)C1(C)C(F)C2. The van der Waals surface area contributed by atoms with Crippen LogP contribution >= 0.6 is 0 Å². The molecule has 0 amide bonds. The average Bonchev–Trinajstić information content (AvgIpc) is 2.19. The molecule has 1 aliphatic carbocycles. The molecule has 1 aliphatic heterocycles. The van der Waals surface area contributed by atoms with Crippen LogP contribution in [0, 0.1) is 16.7 Å². The third-order valence-corrected chi connectivity index (χ3v) is 4.32. The second-order valence-electron chi connectivity index (χ2n) is 4.92. The molecule has 2 nitrogen and oxygen atoms in total. The van der Waals surface area contributed by atoms with Gasteiger partial charge in [-0.1, -0.05) is 13.8 Å². The van der Waals surface area contributed by atoms with Gasteiger partial charge in [0, 0.05) is 5.92 Å². The Morgan fingerprint density at radius 1 is 1.46 bits per heavy atom. The van der Waals surface area contributed by atoms with E-state index < -0.39 is 11.6 Å². The molecule has 0 aromatic heterocycles. The van der Waals surface area contributed by atoms with Crippen molar-refractivity contribution < 1.29 is 13.9 Å². The molecule has 0 aromatic rings. The Kier molecular flexibility index (Phi) is 1.55. The minimum atomic E-state index is -1.04. The maximum absolute atomic E-state index is 13.7. The maximum atomic E-state index is 13.7. The van der Waals surface area contributed by atoms with Gasteiger partial charge in [-0.3, -0.25) is 4.79 Å². The summed E-state index contributed by atoms with van der Waals surface area (Å²) in [6, 6.07) is 0. The quantitative estimate of drug-likeness (QED) is 0.540. The third-order valence-electron chi connectivity index (χ3n) is 4.32. The van der Waals surface area contributed by atoms with Gasteiger partial charge in [0.25, 0.3) is 0 Å². The van der Waals surface area contributed by atoms with E-state index in [1.165, 1.54) is 0 Å². The molecule has 3 atom stereocenters. The van der Waals surface area contributed by atoms with Crippen LogP contribution < -0.4 is 0 Å².